The van der Waals surface area contributed by atoms with Gasteiger partial charge in [0.15, 0.2) is 17.5 Å². The van der Waals surface area contributed by atoms with E-state index in [2.05, 4.69) is 170 Å². The Bertz CT molecular complexity index is 3280. The zero-order valence-corrected chi connectivity index (χ0v) is 30.8. The largest absolute Gasteiger partial charge is 0.455 e. The molecule has 0 unspecified atom stereocenters. The van der Waals surface area contributed by atoms with E-state index in [4.69, 9.17) is 19.4 Å². The van der Waals surface area contributed by atoms with Crippen LogP contribution in [0.4, 0.5) is 0 Å². The van der Waals surface area contributed by atoms with Gasteiger partial charge in [-0.25, -0.2) is 15.0 Å². The van der Waals surface area contributed by atoms with E-state index in [1.54, 1.807) is 0 Å². The average molecular weight is 728 g/mol. The molecule has 266 valence electrons. The van der Waals surface area contributed by atoms with Crippen LogP contribution in [0.25, 0.3) is 111 Å². The Balaban J connectivity index is 1.16. The van der Waals surface area contributed by atoms with Crippen molar-refractivity contribution in [2.24, 2.45) is 0 Å². The number of rotatable bonds is 6. The van der Waals surface area contributed by atoms with E-state index in [1.165, 1.54) is 11.1 Å². The summed E-state index contributed by atoms with van der Waals surface area (Å²) in [5.74, 6) is 1.75. The van der Waals surface area contributed by atoms with Gasteiger partial charge < -0.3 is 4.42 Å². The van der Waals surface area contributed by atoms with Crippen molar-refractivity contribution in [2.45, 2.75) is 0 Å². The van der Waals surface area contributed by atoms with Crippen LogP contribution < -0.4 is 0 Å². The molecule has 11 aromatic rings. The first-order valence-corrected chi connectivity index (χ1v) is 19.2. The van der Waals surface area contributed by atoms with E-state index in [0.717, 1.165) is 82.4 Å². The molecule has 0 aliphatic carbocycles. The minimum atomic E-state index is 0.552. The van der Waals surface area contributed by atoms with E-state index in [9.17, 15) is 0 Å². The highest BCUT2D eigenvalue weighted by molar-refractivity contribution is 6.10. The first-order chi connectivity index (χ1) is 28.3. The molecule has 0 N–H and O–H groups in total. The van der Waals surface area contributed by atoms with E-state index in [1.807, 2.05) is 30.3 Å². The third-order valence-electron chi connectivity index (χ3n) is 11.0. The highest BCUT2D eigenvalue weighted by atomic mass is 16.3. The van der Waals surface area contributed by atoms with Crippen molar-refractivity contribution in [1.82, 2.24) is 15.0 Å². The van der Waals surface area contributed by atoms with Crippen LogP contribution in [-0.2, 0) is 0 Å². The summed E-state index contributed by atoms with van der Waals surface area (Å²) in [5, 5.41) is 6.46. The van der Waals surface area contributed by atoms with Crippen molar-refractivity contribution in [1.29, 1.82) is 0 Å². The molecule has 57 heavy (non-hydrogen) atoms. The quantitative estimate of drug-likeness (QED) is 0.171. The van der Waals surface area contributed by atoms with Gasteiger partial charge in [0.1, 0.15) is 11.2 Å². The molecule has 0 aliphatic heterocycles. The number of benzene rings is 9. The van der Waals surface area contributed by atoms with Gasteiger partial charge in [-0.1, -0.05) is 182 Å². The summed E-state index contributed by atoms with van der Waals surface area (Å²) in [7, 11) is 0. The molecule has 0 fully saturated rings. The van der Waals surface area contributed by atoms with Crippen LogP contribution in [0, 0.1) is 0 Å². The average Bonchev–Trinajstić information content (AvgIpc) is 3.68. The molecule has 0 saturated carbocycles. The minimum absolute atomic E-state index is 0.552. The van der Waals surface area contributed by atoms with Gasteiger partial charge in [0, 0.05) is 21.9 Å². The molecule has 0 spiro atoms. The molecule has 0 saturated heterocycles. The van der Waals surface area contributed by atoms with Gasteiger partial charge in [-0.3, -0.25) is 0 Å². The van der Waals surface area contributed by atoms with Crippen molar-refractivity contribution in [3.05, 3.63) is 200 Å². The van der Waals surface area contributed by atoms with Gasteiger partial charge >= 0.3 is 0 Å². The Morgan fingerprint density at radius 1 is 0.281 bits per heavy atom. The molecule has 2 heterocycles. The lowest BCUT2D eigenvalue weighted by molar-refractivity contribution is 0.669. The Morgan fingerprint density at radius 2 is 0.789 bits per heavy atom. The van der Waals surface area contributed by atoms with E-state index < -0.39 is 0 Å². The Hall–Kier alpha value is -7.69. The van der Waals surface area contributed by atoms with Crippen LogP contribution >= 0.6 is 0 Å². The Labute approximate surface area is 329 Å². The minimum Gasteiger partial charge on any atom is -0.455 e. The fourth-order valence-electron chi connectivity index (χ4n) is 8.24. The lowest BCUT2D eigenvalue weighted by atomic mass is 9.93. The maximum Gasteiger partial charge on any atom is 0.167 e. The number of nitrogens with zero attached hydrogens (tertiary/aromatic N) is 3. The topological polar surface area (TPSA) is 51.8 Å². The van der Waals surface area contributed by atoms with Gasteiger partial charge in [0.05, 0.1) is 5.56 Å². The first-order valence-electron chi connectivity index (χ1n) is 19.2. The molecule has 0 radical (unpaired) electrons. The summed E-state index contributed by atoms with van der Waals surface area (Å²) in [6, 6.07) is 69.9. The van der Waals surface area contributed by atoms with E-state index >= 15 is 0 Å². The molecule has 0 bridgehead atoms. The van der Waals surface area contributed by atoms with Gasteiger partial charge in [-0.05, 0) is 73.1 Å². The molecule has 4 heteroatoms. The first kappa shape index (κ1) is 32.7. The second kappa shape index (κ2) is 13.6. The molecule has 9 aromatic carbocycles. The second-order valence-corrected chi connectivity index (χ2v) is 14.3. The summed E-state index contributed by atoms with van der Waals surface area (Å²) in [5.41, 5.74) is 11.1. The van der Waals surface area contributed by atoms with Gasteiger partial charge in [0.2, 0.25) is 0 Å². The number of aromatic nitrogens is 3. The van der Waals surface area contributed by atoms with Crippen molar-refractivity contribution >= 4 is 43.5 Å². The van der Waals surface area contributed by atoms with Crippen LogP contribution in [-0.4, -0.2) is 15.0 Å². The third-order valence-corrected chi connectivity index (χ3v) is 11.0. The molecule has 0 atom stereocenters. The maximum absolute atomic E-state index is 6.56. The number of hydrogen-bond donors (Lipinski definition) is 0. The second-order valence-electron chi connectivity index (χ2n) is 14.3. The monoisotopic (exact) mass is 727 g/mol. The highest BCUT2D eigenvalue weighted by Crippen LogP contribution is 2.41. The number of para-hydroxylation sites is 2. The van der Waals surface area contributed by atoms with E-state index in [0.29, 0.717) is 17.5 Å². The standard InChI is InChI=1S/C53H33N3O/c1-3-14-34(15-4-1)35-26-28-38(29-27-35)39-32-33-46(43-21-10-9-20-42(39)43)51-54-52(47-24-13-23-45-44-22-11-12-25-48(44)57-50(45)47)56-53(55-51)49-40-19-8-7-18-37(40)30-31-41(49)36-16-5-2-6-17-36/h1-33H. The van der Waals surface area contributed by atoms with Crippen molar-refractivity contribution in [3.63, 3.8) is 0 Å². The summed E-state index contributed by atoms with van der Waals surface area (Å²) in [4.78, 5) is 16.1. The molecular weight excluding hydrogens is 695 g/mol. The van der Waals surface area contributed by atoms with Crippen LogP contribution in [0.1, 0.15) is 0 Å². The zero-order chi connectivity index (χ0) is 37.7. The molecule has 2 aromatic heterocycles. The summed E-state index contributed by atoms with van der Waals surface area (Å²) in [6.45, 7) is 0. The summed E-state index contributed by atoms with van der Waals surface area (Å²) < 4.78 is 6.56. The predicted molar refractivity (Wildman–Crippen MR) is 235 cm³/mol. The predicted octanol–water partition coefficient (Wildman–Crippen LogP) is 14.1. The molecule has 0 amide bonds. The van der Waals surface area contributed by atoms with Crippen LogP contribution in [0.15, 0.2) is 205 Å². The number of fused-ring (bicyclic) bond motifs is 5. The Kier molecular flexibility index (Phi) is 7.78. The SMILES string of the molecule is c1ccc(-c2ccc(-c3ccc(-c4nc(-c5c(-c6ccccc6)ccc6ccccc56)nc(-c5cccc6c5oc5ccccc56)n4)c4ccccc34)cc2)cc1. The summed E-state index contributed by atoms with van der Waals surface area (Å²) in [6.07, 6.45) is 0. The molecular formula is C53H33N3O. The normalized spacial score (nSPS) is 11.5. The zero-order valence-electron chi connectivity index (χ0n) is 30.8. The lowest BCUT2D eigenvalue weighted by Gasteiger charge is -2.16. The fraction of sp³-hybridized carbons (Fsp3) is 0. The van der Waals surface area contributed by atoms with Crippen molar-refractivity contribution in [2.75, 3.05) is 0 Å². The van der Waals surface area contributed by atoms with Crippen LogP contribution in [0.5, 0.6) is 0 Å². The molecule has 4 nitrogen and oxygen atoms in total. The van der Waals surface area contributed by atoms with Gasteiger partial charge in [-0.15, -0.1) is 0 Å². The smallest absolute Gasteiger partial charge is 0.167 e. The molecule has 0 aliphatic rings. The van der Waals surface area contributed by atoms with Crippen LogP contribution in [0.2, 0.25) is 0 Å². The summed E-state index contributed by atoms with van der Waals surface area (Å²) >= 11 is 0. The van der Waals surface area contributed by atoms with Crippen molar-refractivity contribution < 1.29 is 4.42 Å². The van der Waals surface area contributed by atoms with Gasteiger partial charge in [-0.2, -0.15) is 0 Å². The Morgan fingerprint density at radius 3 is 1.56 bits per heavy atom. The number of hydrogen-bond acceptors (Lipinski definition) is 4. The van der Waals surface area contributed by atoms with Crippen LogP contribution in [0.3, 0.4) is 0 Å². The maximum atomic E-state index is 6.56. The van der Waals surface area contributed by atoms with Crippen molar-refractivity contribution in [3.8, 4) is 67.5 Å². The lowest BCUT2D eigenvalue weighted by Crippen LogP contribution is -2.02. The molecule has 11 rings (SSSR count). The highest BCUT2D eigenvalue weighted by Gasteiger charge is 2.22. The third kappa shape index (κ3) is 5.66. The van der Waals surface area contributed by atoms with Gasteiger partial charge in [0.25, 0.3) is 0 Å². The fourth-order valence-corrected chi connectivity index (χ4v) is 8.24. The number of furan rings is 1. The van der Waals surface area contributed by atoms with E-state index in [-0.39, 0.29) is 0 Å².